The molecule has 0 spiro atoms. The largest absolute Gasteiger partial charge is 0.478 e. The highest BCUT2D eigenvalue weighted by Gasteiger charge is 2.27. The first-order chi connectivity index (χ1) is 9.00. The lowest BCUT2D eigenvalue weighted by molar-refractivity contribution is -0.122. The molecule has 7 heteroatoms. The lowest BCUT2D eigenvalue weighted by Gasteiger charge is -2.32. The summed E-state index contributed by atoms with van der Waals surface area (Å²) in [6, 6.07) is 1.11. The normalized spacial score (nSPS) is 19.2. The van der Waals surface area contributed by atoms with Crippen LogP contribution in [0.3, 0.4) is 0 Å². The topological polar surface area (TPSA) is 96.5 Å². The minimum absolute atomic E-state index is 0.0362. The van der Waals surface area contributed by atoms with Crippen LogP contribution in [0.25, 0.3) is 0 Å². The number of hydrogen-bond donors (Lipinski definition) is 2. The highest BCUT2D eigenvalue weighted by atomic mass is 19.1. The van der Waals surface area contributed by atoms with Gasteiger partial charge in [-0.1, -0.05) is 0 Å². The second kappa shape index (κ2) is 5.21. The van der Waals surface area contributed by atoms with Crippen LogP contribution >= 0.6 is 0 Å². The quantitative estimate of drug-likeness (QED) is 0.836. The smallest absolute Gasteiger partial charge is 0.338 e. The number of anilines is 1. The number of nitrogens with zero attached hydrogens (tertiary/aromatic N) is 2. The standard InChI is InChI=1S/C12H14FN3O3/c13-9-8(12(18)19)3-4-15-11(9)16-5-1-2-7(6-16)10(14)17/h3-4,7H,1-2,5-6H2,(H2,14,17)(H,18,19). The van der Waals surface area contributed by atoms with Crippen molar-refractivity contribution in [1.82, 2.24) is 4.98 Å². The first-order valence-electron chi connectivity index (χ1n) is 5.92. The van der Waals surface area contributed by atoms with Gasteiger partial charge in [-0.3, -0.25) is 4.79 Å². The number of carboxylic acids is 1. The summed E-state index contributed by atoms with van der Waals surface area (Å²) < 4.78 is 14.0. The Morgan fingerprint density at radius 3 is 2.89 bits per heavy atom. The summed E-state index contributed by atoms with van der Waals surface area (Å²) in [5.74, 6) is -3.04. The van der Waals surface area contributed by atoms with Gasteiger partial charge in [0.2, 0.25) is 5.91 Å². The van der Waals surface area contributed by atoms with E-state index in [2.05, 4.69) is 4.98 Å². The molecule has 1 amide bonds. The monoisotopic (exact) mass is 267 g/mol. The van der Waals surface area contributed by atoms with Gasteiger partial charge in [-0.2, -0.15) is 0 Å². The van der Waals surface area contributed by atoms with Crippen molar-refractivity contribution in [3.8, 4) is 0 Å². The van der Waals surface area contributed by atoms with Gasteiger partial charge in [0.05, 0.1) is 5.92 Å². The highest BCUT2D eigenvalue weighted by molar-refractivity contribution is 5.89. The van der Waals surface area contributed by atoms with E-state index in [0.29, 0.717) is 19.4 Å². The SMILES string of the molecule is NC(=O)C1CCCN(c2nccc(C(=O)O)c2F)C1. The summed E-state index contributed by atoms with van der Waals surface area (Å²) in [7, 11) is 0. The predicted octanol–water partition coefficient (Wildman–Crippen LogP) is 0.621. The third-order valence-electron chi connectivity index (χ3n) is 3.22. The second-order valence-corrected chi connectivity index (χ2v) is 4.49. The van der Waals surface area contributed by atoms with E-state index in [1.807, 2.05) is 0 Å². The van der Waals surface area contributed by atoms with Crippen molar-refractivity contribution in [1.29, 1.82) is 0 Å². The van der Waals surface area contributed by atoms with E-state index in [4.69, 9.17) is 10.8 Å². The van der Waals surface area contributed by atoms with E-state index in [9.17, 15) is 14.0 Å². The molecule has 1 aromatic rings. The fraction of sp³-hybridized carbons (Fsp3) is 0.417. The molecular formula is C12H14FN3O3. The van der Waals surface area contributed by atoms with Crippen molar-refractivity contribution in [2.75, 3.05) is 18.0 Å². The van der Waals surface area contributed by atoms with Gasteiger partial charge >= 0.3 is 5.97 Å². The molecule has 6 nitrogen and oxygen atoms in total. The van der Waals surface area contributed by atoms with Crippen LogP contribution in [0.5, 0.6) is 0 Å². The van der Waals surface area contributed by atoms with Crippen LogP contribution in [0.15, 0.2) is 12.3 Å². The van der Waals surface area contributed by atoms with Gasteiger partial charge in [-0.25, -0.2) is 14.2 Å². The minimum atomic E-state index is -1.34. The molecule has 3 N–H and O–H groups in total. The van der Waals surface area contributed by atoms with Gasteiger partial charge < -0.3 is 15.7 Å². The van der Waals surface area contributed by atoms with Crippen LogP contribution in [0, 0.1) is 11.7 Å². The number of primary amides is 1. The zero-order valence-electron chi connectivity index (χ0n) is 10.2. The maximum atomic E-state index is 14.0. The molecule has 19 heavy (non-hydrogen) atoms. The van der Waals surface area contributed by atoms with Crippen LogP contribution in [0.4, 0.5) is 10.2 Å². The average molecular weight is 267 g/mol. The summed E-state index contributed by atoms with van der Waals surface area (Å²) >= 11 is 0. The Balaban J connectivity index is 2.29. The van der Waals surface area contributed by atoms with Crippen molar-refractivity contribution in [2.45, 2.75) is 12.8 Å². The fourth-order valence-electron chi connectivity index (χ4n) is 2.22. The number of nitrogens with two attached hydrogens (primary N) is 1. The molecule has 0 aliphatic carbocycles. The Kier molecular flexibility index (Phi) is 3.64. The first kappa shape index (κ1) is 13.3. The Labute approximate surface area is 109 Å². The summed E-state index contributed by atoms with van der Waals surface area (Å²) in [5.41, 5.74) is 4.82. The number of rotatable bonds is 3. The van der Waals surface area contributed by atoms with Gasteiger partial charge in [0, 0.05) is 19.3 Å². The Morgan fingerprint density at radius 2 is 2.26 bits per heavy atom. The molecular weight excluding hydrogens is 253 g/mol. The second-order valence-electron chi connectivity index (χ2n) is 4.49. The number of piperidine rings is 1. The number of carboxylic acid groups (broad SMARTS) is 1. The van der Waals surface area contributed by atoms with Crippen LogP contribution in [0.1, 0.15) is 23.2 Å². The lowest BCUT2D eigenvalue weighted by Crippen LogP contribution is -2.42. The van der Waals surface area contributed by atoms with Gasteiger partial charge in [-0.15, -0.1) is 0 Å². The molecule has 1 atom stereocenters. The Morgan fingerprint density at radius 1 is 1.53 bits per heavy atom. The molecule has 1 fully saturated rings. The van der Waals surface area contributed by atoms with Crippen LogP contribution in [0.2, 0.25) is 0 Å². The molecule has 0 saturated carbocycles. The maximum absolute atomic E-state index is 14.0. The summed E-state index contributed by atoms with van der Waals surface area (Å²) in [6.45, 7) is 0.791. The minimum Gasteiger partial charge on any atom is -0.478 e. The fourth-order valence-corrected chi connectivity index (χ4v) is 2.22. The average Bonchev–Trinajstić information content (AvgIpc) is 2.38. The first-order valence-corrected chi connectivity index (χ1v) is 5.92. The third kappa shape index (κ3) is 2.64. The summed E-state index contributed by atoms with van der Waals surface area (Å²) in [6.07, 6.45) is 2.59. The molecule has 102 valence electrons. The number of pyridine rings is 1. The van der Waals surface area contributed by atoms with Crippen LogP contribution in [-0.4, -0.2) is 35.1 Å². The molecule has 1 unspecified atom stereocenters. The van der Waals surface area contributed by atoms with Crippen molar-refractivity contribution < 1.29 is 19.1 Å². The zero-order valence-corrected chi connectivity index (χ0v) is 10.2. The van der Waals surface area contributed by atoms with Crippen molar-refractivity contribution in [2.24, 2.45) is 11.7 Å². The maximum Gasteiger partial charge on any atom is 0.338 e. The molecule has 0 radical (unpaired) electrons. The molecule has 1 aliphatic heterocycles. The lowest BCUT2D eigenvalue weighted by atomic mass is 9.97. The van der Waals surface area contributed by atoms with E-state index in [1.54, 1.807) is 4.90 Å². The van der Waals surface area contributed by atoms with Crippen molar-refractivity contribution in [3.63, 3.8) is 0 Å². The number of aromatic nitrogens is 1. The summed E-state index contributed by atoms with van der Waals surface area (Å²) in [5, 5.41) is 8.87. The van der Waals surface area contributed by atoms with Crippen LogP contribution in [-0.2, 0) is 4.79 Å². The highest BCUT2D eigenvalue weighted by Crippen LogP contribution is 2.25. The van der Waals surface area contributed by atoms with Gasteiger partial charge in [0.1, 0.15) is 5.56 Å². The molecule has 1 aromatic heterocycles. The third-order valence-corrected chi connectivity index (χ3v) is 3.22. The molecule has 2 heterocycles. The molecule has 1 saturated heterocycles. The van der Waals surface area contributed by atoms with E-state index in [0.717, 1.165) is 6.07 Å². The summed E-state index contributed by atoms with van der Waals surface area (Å²) in [4.78, 5) is 27.5. The van der Waals surface area contributed by atoms with Gasteiger partial charge in [-0.05, 0) is 18.9 Å². The molecule has 2 rings (SSSR count). The van der Waals surface area contributed by atoms with Crippen molar-refractivity contribution >= 4 is 17.7 Å². The molecule has 0 aromatic carbocycles. The molecule has 0 bridgehead atoms. The van der Waals surface area contributed by atoms with E-state index in [-0.39, 0.29) is 18.3 Å². The number of carbonyl (C=O) groups excluding carboxylic acids is 1. The predicted molar refractivity (Wildman–Crippen MR) is 65.3 cm³/mol. The van der Waals surface area contributed by atoms with Gasteiger partial charge in [0.25, 0.3) is 0 Å². The van der Waals surface area contributed by atoms with E-state index >= 15 is 0 Å². The number of hydrogen-bond acceptors (Lipinski definition) is 4. The van der Waals surface area contributed by atoms with E-state index in [1.165, 1.54) is 6.20 Å². The number of carbonyl (C=O) groups is 2. The zero-order chi connectivity index (χ0) is 14.0. The van der Waals surface area contributed by atoms with E-state index < -0.39 is 23.3 Å². The number of aromatic carboxylic acids is 1. The Bertz CT molecular complexity index is 521. The van der Waals surface area contributed by atoms with Crippen molar-refractivity contribution in [3.05, 3.63) is 23.6 Å². The number of amides is 1. The number of halogens is 1. The Hall–Kier alpha value is -2.18. The van der Waals surface area contributed by atoms with Crippen LogP contribution < -0.4 is 10.6 Å². The van der Waals surface area contributed by atoms with Gasteiger partial charge in [0.15, 0.2) is 11.6 Å². The molecule has 1 aliphatic rings.